The maximum atomic E-state index is 10.6. The molecule has 0 atom stereocenters. The first-order chi connectivity index (χ1) is 7.08. The lowest BCUT2D eigenvalue weighted by molar-refractivity contribution is -0.136. The maximum absolute atomic E-state index is 10.6. The smallest absolute Gasteiger partial charge is 0.307 e. The Kier molecular flexibility index (Phi) is 3.29. The molecule has 1 rings (SSSR count). The third-order valence-electron chi connectivity index (χ3n) is 2.08. The molecule has 0 saturated carbocycles. The van der Waals surface area contributed by atoms with Crippen LogP contribution < -0.4 is 4.74 Å². The Morgan fingerprint density at radius 2 is 2.27 bits per heavy atom. The Morgan fingerprint density at radius 3 is 2.73 bits per heavy atom. The predicted molar refractivity (Wildman–Crippen MR) is 53.8 cm³/mol. The SMILES string of the molecule is COc1cc(CC(=O)O)c(C#N)cc1C. The summed E-state index contributed by atoms with van der Waals surface area (Å²) in [5.41, 5.74) is 1.69. The molecule has 0 unspecified atom stereocenters. The molecular formula is C11H11NO3. The molecule has 0 saturated heterocycles. The highest BCUT2D eigenvalue weighted by atomic mass is 16.5. The largest absolute Gasteiger partial charge is 0.496 e. The molecule has 0 radical (unpaired) electrons. The van der Waals surface area contributed by atoms with Crippen LogP contribution in [0.3, 0.4) is 0 Å². The Morgan fingerprint density at radius 1 is 1.60 bits per heavy atom. The second-order valence-corrected chi connectivity index (χ2v) is 3.16. The summed E-state index contributed by atoms with van der Waals surface area (Å²) < 4.78 is 5.06. The first-order valence-electron chi connectivity index (χ1n) is 4.38. The number of hydrogen-bond donors (Lipinski definition) is 1. The molecule has 0 aliphatic carbocycles. The highest BCUT2D eigenvalue weighted by molar-refractivity contribution is 5.72. The fourth-order valence-electron chi connectivity index (χ4n) is 1.36. The van der Waals surface area contributed by atoms with Crippen molar-refractivity contribution in [2.45, 2.75) is 13.3 Å². The first kappa shape index (κ1) is 11.1. The summed E-state index contributed by atoms with van der Waals surface area (Å²) in [6.07, 6.45) is -0.167. The van der Waals surface area contributed by atoms with Crippen LogP contribution in [0.4, 0.5) is 0 Å². The van der Waals surface area contributed by atoms with Crippen LogP contribution in [0.25, 0.3) is 0 Å². The number of nitrogens with zero attached hydrogens (tertiary/aromatic N) is 1. The highest BCUT2D eigenvalue weighted by Gasteiger charge is 2.10. The van der Waals surface area contributed by atoms with E-state index in [4.69, 9.17) is 15.1 Å². The van der Waals surface area contributed by atoms with E-state index in [1.807, 2.05) is 13.0 Å². The first-order valence-corrected chi connectivity index (χ1v) is 4.38. The van der Waals surface area contributed by atoms with Crippen LogP contribution in [-0.2, 0) is 11.2 Å². The zero-order valence-electron chi connectivity index (χ0n) is 8.57. The minimum absolute atomic E-state index is 0.167. The van der Waals surface area contributed by atoms with Crippen LogP contribution in [0.1, 0.15) is 16.7 Å². The van der Waals surface area contributed by atoms with Crippen molar-refractivity contribution in [2.24, 2.45) is 0 Å². The van der Waals surface area contributed by atoms with Crippen LogP contribution in [0.15, 0.2) is 12.1 Å². The van der Waals surface area contributed by atoms with E-state index in [2.05, 4.69) is 0 Å². The number of benzene rings is 1. The molecule has 0 heterocycles. The standard InChI is InChI=1S/C11H11NO3/c1-7-3-9(6-12)8(5-11(13)14)4-10(7)15-2/h3-4H,5H2,1-2H3,(H,13,14). The van der Waals surface area contributed by atoms with Crippen LogP contribution in [-0.4, -0.2) is 18.2 Å². The van der Waals surface area contributed by atoms with Crippen molar-refractivity contribution in [1.29, 1.82) is 5.26 Å². The minimum Gasteiger partial charge on any atom is -0.496 e. The summed E-state index contributed by atoms with van der Waals surface area (Å²) in [5, 5.41) is 17.5. The number of rotatable bonds is 3. The molecule has 4 heteroatoms. The van der Waals surface area contributed by atoms with Gasteiger partial charge in [0.25, 0.3) is 0 Å². The molecule has 1 aromatic rings. The quantitative estimate of drug-likeness (QED) is 0.811. The van der Waals surface area contributed by atoms with Crippen LogP contribution in [0, 0.1) is 18.3 Å². The predicted octanol–water partition coefficient (Wildman–Crippen LogP) is 1.50. The molecule has 0 aliphatic heterocycles. The van der Waals surface area contributed by atoms with Gasteiger partial charge in [-0.15, -0.1) is 0 Å². The number of carboxylic acid groups (broad SMARTS) is 1. The normalized spacial score (nSPS) is 9.40. The molecule has 0 spiro atoms. The lowest BCUT2D eigenvalue weighted by atomic mass is 10.0. The van der Waals surface area contributed by atoms with Crippen molar-refractivity contribution in [1.82, 2.24) is 0 Å². The maximum Gasteiger partial charge on any atom is 0.307 e. The number of methoxy groups -OCH3 is 1. The summed E-state index contributed by atoms with van der Waals surface area (Å²) in [7, 11) is 1.51. The summed E-state index contributed by atoms with van der Waals surface area (Å²) in [4.78, 5) is 10.6. The number of nitriles is 1. The van der Waals surface area contributed by atoms with Gasteiger partial charge in [-0.3, -0.25) is 4.79 Å². The zero-order valence-corrected chi connectivity index (χ0v) is 8.57. The van der Waals surface area contributed by atoms with E-state index < -0.39 is 5.97 Å². The third-order valence-corrected chi connectivity index (χ3v) is 2.08. The summed E-state index contributed by atoms with van der Waals surface area (Å²) >= 11 is 0. The fourth-order valence-corrected chi connectivity index (χ4v) is 1.36. The van der Waals surface area contributed by atoms with Gasteiger partial charge in [0.2, 0.25) is 0 Å². The van der Waals surface area contributed by atoms with E-state index >= 15 is 0 Å². The molecule has 0 aliphatic rings. The number of carboxylic acids is 1. The van der Waals surface area contributed by atoms with Crippen molar-refractivity contribution in [3.63, 3.8) is 0 Å². The lowest BCUT2D eigenvalue weighted by Crippen LogP contribution is -2.03. The Labute approximate surface area is 87.7 Å². The van der Waals surface area contributed by atoms with Gasteiger partial charge in [-0.1, -0.05) is 0 Å². The van der Waals surface area contributed by atoms with Crippen molar-refractivity contribution in [3.05, 3.63) is 28.8 Å². The number of ether oxygens (including phenoxy) is 1. The third kappa shape index (κ3) is 2.47. The summed E-state index contributed by atoms with van der Waals surface area (Å²) in [6.45, 7) is 1.81. The van der Waals surface area contributed by atoms with Crippen molar-refractivity contribution >= 4 is 5.97 Å². The van der Waals surface area contributed by atoms with E-state index in [-0.39, 0.29) is 6.42 Å². The van der Waals surface area contributed by atoms with Gasteiger partial charge in [-0.2, -0.15) is 5.26 Å². The van der Waals surface area contributed by atoms with Gasteiger partial charge in [0.1, 0.15) is 5.75 Å². The van der Waals surface area contributed by atoms with E-state index in [1.165, 1.54) is 7.11 Å². The highest BCUT2D eigenvalue weighted by Crippen LogP contribution is 2.22. The number of aliphatic carboxylic acids is 1. The van der Waals surface area contributed by atoms with Crippen LogP contribution >= 0.6 is 0 Å². The molecule has 1 N–H and O–H groups in total. The fraction of sp³-hybridized carbons (Fsp3) is 0.273. The lowest BCUT2D eigenvalue weighted by Gasteiger charge is -2.08. The Bertz CT molecular complexity index is 432. The van der Waals surface area contributed by atoms with Gasteiger partial charge in [0.05, 0.1) is 25.2 Å². The molecule has 15 heavy (non-hydrogen) atoms. The van der Waals surface area contributed by atoms with E-state index in [1.54, 1.807) is 12.1 Å². The van der Waals surface area contributed by atoms with Gasteiger partial charge in [0, 0.05) is 0 Å². The average molecular weight is 205 g/mol. The second kappa shape index (κ2) is 4.47. The molecule has 0 aromatic heterocycles. The van der Waals surface area contributed by atoms with E-state index in [0.717, 1.165) is 5.56 Å². The summed E-state index contributed by atoms with van der Waals surface area (Å²) in [5.74, 6) is -0.359. The molecule has 0 fully saturated rings. The van der Waals surface area contributed by atoms with E-state index in [0.29, 0.717) is 16.9 Å². The van der Waals surface area contributed by atoms with Crippen LogP contribution in [0.2, 0.25) is 0 Å². The average Bonchev–Trinajstić information content (AvgIpc) is 2.19. The number of carbonyl (C=O) groups is 1. The number of aryl methyl sites for hydroxylation is 1. The van der Waals surface area contributed by atoms with Gasteiger partial charge < -0.3 is 9.84 Å². The topological polar surface area (TPSA) is 70.3 Å². The molecule has 4 nitrogen and oxygen atoms in total. The van der Waals surface area contributed by atoms with Crippen molar-refractivity contribution < 1.29 is 14.6 Å². The van der Waals surface area contributed by atoms with Gasteiger partial charge in [-0.05, 0) is 30.2 Å². The molecule has 0 bridgehead atoms. The zero-order chi connectivity index (χ0) is 11.4. The summed E-state index contributed by atoms with van der Waals surface area (Å²) in [6, 6.07) is 5.21. The van der Waals surface area contributed by atoms with Gasteiger partial charge in [0.15, 0.2) is 0 Å². The molecule has 78 valence electrons. The molecule has 0 amide bonds. The minimum atomic E-state index is -0.961. The Balaban J connectivity index is 3.24. The Hall–Kier alpha value is -2.02. The van der Waals surface area contributed by atoms with Crippen LogP contribution in [0.5, 0.6) is 5.75 Å². The number of hydrogen-bond acceptors (Lipinski definition) is 3. The molecular weight excluding hydrogens is 194 g/mol. The van der Waals surface area contributed by atoms with Crippen molar-refractivity contribution in [2.75, 3.05) is 7.11 Å². The van der Waals surface area contributed by atoms with Crippen molar-refractivity contribution in [3.8, 4) is 11.8 Å². The van der Waals surface area contributed by atoms with Gasteiger partial charge >= 0.3 is 5.97 Å². The monoisotopic (exact) mass is 205 g/mol. The molecule has 1 aromatic carbocycles. The van der Waals surface area contributed by atoms with Gasteiger partial charge in [-0.25, -0.2) is 0 Å². The van der Waals surface area contributed by atoms with E-state index in [9.17, 15) is 4.79 Å². The second-order valence-electron chi connectivity index (χ2n) is 3.16.